The molecular formula is C18H23Cl2F2N3OS. The Morgan fingerprint density at radius 2 is 2.11 bits per heavy atom. The van der Waals surface area contributed by atoms with Crippen LogP contribution in [0, 0.1) is 11.6 Å². The molecule has 1 amide bonds. The zero-order chi connectivity index (χ0) is 17.8. The number of carbonyl (C=O) groups excluding carboxylic acids is 1. The molecule has 150 valence electrons. The normalized spacial score (nSPS) is 18.9. The maximum atomic E-state index is 13.6. The van der Waals surface area contributed by atoms with Crippen molar-refractivity contribution in [2.24, 2.45) is 0 Å². The lowest BCUT2D eigenvalue weighted by molar-refractivity contribution is 0.0928. The number of hydrogen-bond donors (Lipinski definition) is 2. The van der Waals surface area contributed by atoms with E-state index in [0.717, 1.165) is 36.9 Å². The van der Waals surface area contributed by atoms with Crippen LogP contribution in [0.15, 0.2) is 24.4 Å². The summed E-state index contributed by atoms with van der Waals surface area (Å²) < 4.78 is 26.8. The Kier molecular flexibility index (Phi) is 9.59. The number of aromatic nitrogens is 1. The van der Waals surface area contributed by atoms with Gasteiger partial charge in [0.25, 0.3) is 5.91 Å². The summed E-state index contributed by atoms with van der Waals surface area (Å²) >= 11 is 1.40. The van der Waals surface area contributed by atoms with Crippen LogP contribution in [-0.2, 0) is 6.42 Å². The molecule has 2 heterocycles. The van der Waals surface area contributed by atoms with E-state index in [1.165, 1.54) is 17.4 Å². The molecule has 0 radical (unpaired) electrons. The fraction of sp³-hybridized carbons (Fsp3) is 0.444. The zero-order valence-electron chi connectivity index (χ0n) is 14.8. The average Bonchev–Trinajstić information content (AvgIpc) is 3.07. The van der Waals surface area contributed by atoms with Gasteiger partial charge in [-0.3, -0.25) is 4.79 Å². The minimum absolute atomic E-state index is 0. The van der Waals surface area contributed by atoms with Gasteiger partial charge in [-0.2, -0.15) is 0 Å². The van der Waals surface area contributed by atoms with Gasteiger partial charge in [-0.15, -0.1) is 36.2 Å². The van der Waals surface area contributed by atoms with Gasteiger partial charge in [0.2, 0.25) is 0 Å². The molecule has 0 aliphatic carbocycles. The zero-order valence-corrected chi connectivity index (χ0v) is 17.3. The smallest absolute Gasteiger partial charge is 0.263 e. The van der Waals surface area contributed by atoms with Crippen LogP contribution >= 0.6 is 36.2 Å². The second kappa shape index (κ2) is 10.9. The number of nitrogens with one attached hydrogen (secondary N) is 2. The monoisotopic (exact) mass is 437 g/mol. The molecule has 1 aliphatic rings. The van der Waals surface area contributed by atoms with Gasteiger partial charge >= 0.3 is 0 Å². The number of thiazole rings is 1. The molecule has 2 unspecified atom stereocenters. The molecule has 2 N–H and O–H groups in total. The van der Waals surface area contributed by atoms with E-state index in [0.29, 0.717) is 17.0 Å². The maximum absolute atomic E-state index is 13.6. The first-order valence-electron chi connectivity index (χ1n) is 8.49. The van der Waals surface area contributed by atoms with E-state index in [1.54, 1.807) is 12.3 Å². The Hall–Kier alpha value is -1.28. The number of aryl methyl sites for hydroxylation is 1. The topological polar surface area (TPSA) is 54.0 Å². The van der Waals surface area contributed by atoms with Crippen LogP contribution in [0.4, 0.5) is 8.78 Å². The molecule has 4 nitrogen and oxygen atoms in total. The van der Waals surface area contributed by atoms with E-state index < -0.39 is 11.6 Å². The van der Waals surface area contributed by atoms with Gasteiger partial charge in [-0.25, -0.2) is 13.8 Å². The lowest BCUT2D eigenvalue weighted by atomic mass is 9.86. The van der Waals surface area contributed by atoms with Crippen LogP contribution in [0.3, 0.4) is 0 Å². The Balaban J connectivity index is 0.00000182. The summed E-state index contributed by atoms with van der Waals surface area (Å²) in [4.78, 5) is 17.4. The number of carbonyl (C=O) groups is 1. The molecule has 9 heteroatoms. The van der Waals surface area contributed by atoms with Gasteiger partial charge < -0.3 is 10.6 Å². The second-order valence-corrected chi connectivity index (χ2v) is 7.34. The molecule has 1 aromatic heterocycles. The molecule has 1 saturated heterocycles. The minimum Gasteiger partial charge on any atom is -0.347 e. The molecule has 1 aliphatic heterocycles. The van der Waals surface area contributed by atoms with Crippen molar-refractivity contribution in [3.8, 4) is 0 Å². The molecule has 1 fully saturated rings. The molecule has 1 aromatic carbocycles. The third-order valence-corrected chi connectivity index (χ3v) is 5.47. The Bertz CT molecular complexity index is 760. The number of benzene rings is 1. The Morgan fingerprint density at radius 3 is 2.81 bits per heavy atom. The third kappa shape index (κ3) is 5.85. The van der Waals surface area contributed by atoms with Crippen molar-refractivity contribution in [2.75, 3.05) is 13.1 Å². The van der Waals surface area contributed by atoms with Crippen molar-refractivity contribution in [2.45, 2.75) is 38.1 Å². The SMILES string of the molecule is CCCc1ncc(C(=O)NC2CNCCC2c2ccc(F)c(F)c2)s1.Cl.Cl. The lowest BCUT2D eigenvalue weighted by Gasteiger charge is -2.33. The molecule has 0 bridgehead atoms. The second-order valence-electron chi connectivity index (χ2n) is 6.22. The largest absolute Gasteiger partial charge is 0.347 e. The molecular weight excluding hydrogens is 415 g/mol. The first kappa shape index (κ1) is 23.8. The standard InChI is InChI=1S/C18H21F2N3OS.2ClH/c1-2-3-17-22-10-16(25-17)18(24)23-15-9-21-7-6-12(15)11-4-5-13(19)14(20)8-11;;/h4-5,8,10,12,15,21H,2-3,6-7,9H2,1H3,(H,23,24);2*1H. The fourth-order valence-corrected chi connectivity index (χ4v) is 4.06. The molecule has 2 aromatic rings. The number of nitrogens with zero attached hydrogens (tertiary/aromatic N) is 1. The number of amides is 1. The van der Waals surface area contributed by atoms with Gasteiger partial charge in [0.1, 0.15) is 4.88 Å². The first-order chi connectivity index (χ1) is 12.1. The Morgan fingerprint density at radius 1 is 1.33 bits per heavy atom. The maximum Gasteiger partial charge on any atom is 0.263 e. The predicted octanol–water partition coefficient (Wildman–Crippen LogP) is 4.09. The number of halogens is 4. The first-order valence-corrected chi connectivity index (χ1v) is 9.31. The summed E-state index contributed by atoms with van der Waals surface area (Å²) in [5, 5.41) is 7.22. The third-order valence-electron chi connectivity index (χ3n) is 4.41. The van der Waals surface area contributed by atoms with E-state index in [9.17, 15) is 13.6 Å². The predicted molar refractivity (Wildman–Crippen MR) is 108 cm³/mol. The highest BCUT2D eigenvalue weighted by atomic mass is 35.5. The number of rotatable bonds is 5. The van der Waals surface area contributed by atoms with E-state index in [4.69, 9.17) is 0 Å². The van der Waals surface area contributed by atoms with Crippen molar-refractivity contribution in [3.63, 3.8) is 0 Å². The van der Waals surface area contributed by atoms with Crippen LogP contribution in [0.2, 0.25) is 0 Å². The van der Waals surface area contributed by atoms with Gasteiger partial charge in [-0.1, -0.05) is 13.0 Å². The summed E-state index contributed by atoms with van der Waals surface area (Å²) in [6.45, 7) is 3.44. The van der Waals surface area contributed by atoms with Crippen molar-refractivity contribution in [1.29, 1.82) is 0 Å². The summed E-state index contributed by atoms with van der Waals surface area (Å²) in [5.41, 5.74) is 0.710. The number of hydrogen-bond acceptors (Lipinski definition) is 4. The van der Waals surface area contributed by atoms with E-state index in [1.807, 2.05) is 0 Å². The molecule has 2 atom stereocenters. The van der Waals surface area contributed by atoms with E-state index in [2.05, 4.69) is 22.5 Å². The quantitative estimate of drug-likeness (QED) is 0.740. The number of piperidine rings is 1. The minimum atomic E-state index is -0.855. The van der Waals surface area contributed by atoms with Gasteiger partial charge in [0.05, 0.1) is 11.2 Å². The lowest BCUT2D eigenvalue weighted by Crippen LogP contribution is -2.49. The van der Waals surface area contributed by atoms with Crippen molar-refractivity contribution >= 4 is 42.1 Å². The summed E-state index contributed by atoms with van der Waals surface area (Å²) in [5.74, 6) is -1.93. The van der Waals surface area contributed by atoms with E-state index in [-0.39, 0.29) is 42.7 Å². The average molecular weight is 438 g/mol. The van der Waals surface area contributed by atoms with Crippen LogP contribution < -0.4 is 10.6 Å². The summed E-state index contributed by atoms with van der Waals surface area (Å²) in [7, 11) is 0. The summed E-state index contributed by atoms with van der Waals surface area (Å²) in [6.07, 6.45) is 4.20. The van der Waals surface area contributed by atoms with Crippen LogP contribution in [-0.4, -0.2) is 30.0 Å². The Labute approximate surface area is 174 Å². The van der Waals surface area contributed by atoms with Crippen LogP contribution in [0.5, 0.6) is 0 Å². The highest BCUT2D eigenvalue weighted by Gasteiger charge is 2.29. The fourth-order valence-electron chi connectivity index (χ4n) is 3.14. The highest BCUT2D eigenvalue weighted by molar-refractivity contribution is 7.13. The van der Waals surface area contributed by atoms with Crippen molar-refractivity contribution < 1.29 is 13.6 Å². The van der Waals surface area contributed by atoms with Crippen LogP contribution in [0.1, 0.15) is 45.9 Å². The van der Waals surface area contributed by atoms with Gasteiger partial charge in [0.15, 0.2) is 11.6 Å². The molecule has 27 heavy (non-hydrogen) atoms. The highest BCUT2D eigenvalue weighted by Crippen LogP contribution is 2.27. The van der Waals surface area contributed by atoms with Crippen molar-refractivity contribution in [1.82, 2.24) is 15.6 Å². The van der Waals surface area contributed by atoms with Gasteiger partial charge in [0, 0.05) is 18.5 Å². The molecule has 3 rings (SSSR count). The van der Waals surface area contributed by atoms with Crippen LogP contribution in [0.25, 0.3) is 0 Å². The summed E-state index contributed by atoms with van der Waals surface area (Å²) in [6, 6.07) is 3.80. The molecule has 0 saturated carbocycles. The molecule has 0 spiro atoms. The van der Waals surface area contributed by atoms with E-state index >= 15 is 0 Å². The van der Waals surface area contributed by atoms with Crippen molar-refractivity contribution in [3.05, 3.63) is 51.5 Å². The van der Waals surface area contributed by atoms with Gasteiger partial charge in [-0.05, 0) is 43.5 Å².